The summed E-state index contributed by atoms with van der Waals surface area (Å²) in [5, 5.41) is 6.10. The van der Waals surface area contributed by atoms with Crippen LogP contribution in [0.15, 0.2) is 0 Å². The van der Waals surface area contributed by atoms with E-state index in [0.29, 0.717) is 12.6 Å². The van der Waals surface area contributed by atoms with Gasteiger partial charge in [0.2, 0.25) is 5.91 Å². The normalized spacial score (nSPS) is 29.8. The van der Waals surface area contributed by atoms with Crippen molar-refractivity contribution < 1.29 is 9.59 Å². The minimum Gasteiger partial charge on any atom is -0.352 e. The molecule has 0 unspecified atom stereocenters. The fraction of sp³-hybridized carbons (Fsp3) is 0.875. The van der Waals surface area contributed by atoms with Crippen LogP contribution in [-0.4, -0.2) is 42.0 Å². The topological polar surface area (TPSA) is 61.4 Å². The molecule has 1 aliphatic heterocycles. The van der Waals surface area contributed by atoms with E-state index >= 15 is 0 Å². The maximum Gasteiger partial charge on any atom is 0.317 e. The molecule has 3 amide bonds. The summed E-state index contributed by atoms with van der Waals surface area (Å²) in [6.45, 7) is 5.21. The molecule has 2 fully saturated rings. The molecule has 0 aromatic carbocycles. The van der Waals surface area contributed by atoms with Gasteiger partial charge < -0.3 is 15.5 Å². The molecule has 1 saturated carbocycles. The minimum atomic E-state index is -0.0138. The van der Waals surface area contributed by atoms with Gasteiger partial charge in [0.25, 0.3) is 0 Å². The highest BCUT2D eigenvalue weighted by Gasteiger charge is 2.27. The molecule has 1 aliphatic carbocycles. The van der Waals surface area contributed by atoms with E-state index in [0.717, 1.165) is 38.1 Å². The van der Waals surface area contributed by atoms with E-state index in [2.05, 4.69) is 17.6 Å². The zero-order chi connectivity index (χ0) is 15.2. The molecule has 0 aromatic rings. The number of hydrogen-bond donors (Lipinski definition) is 2. The quantitative estimate of drug-likeness (QED) is 0.839. The van der Waals surface area contributed by atoms with Gasteiger partial charge in [-0.05, 0) is 44.4 Å². The van der Waals surface area contributed by atoms with Gasteiger partial charge in [0.05, 0.1) is 0 Å². The van der Waals surface area contributed by atoms with E-state index < -0.39 is 0 Å². The smallest absolute Gasteiger partial charge is 0.317 e. The van der Waals surface area contributed by atoms with Crippen molar-refractivity contribution in [1.29, 1.82) is 0 Å². The monoisotopic (exact) mass is 295 g/mol. The third-order valence-electron chi connectivity index (χ3n) is 4.87. The highest BCUT2D eigenvalue weighted by atomic mass is 16.2. The Hall–Kier alpha value is -1.26. The number of nitrogens with one attached hydrogen (secondary N) is 2. The second-order valence-electron chi connectivity index (χ2n) is 6.56. The van der Waals surface area contributed by atoms with Crippen LogP contribution < -0.4 is 10.6 Å². The number of urea groups is 1. The van der Waals surface area contributed by atoms with Crippen molar-refractivity contribution in [3.8, 4) is 0 Å². The zero-order valence-corrected chi connectivity index (χ0v) is 13.4. The molecule has 1 saturated heterocycles. The molecular formula is C16H29N3O2. The predicted octanol–water partition coefficient (Wildman–Crippen LogP) is 2.27. The van der Waals surface area contributed by atoms with E-state index in [1.165, 1.54) is 26.2 Å². The van der Waals surface area contributed by atoms with E-state index in [4.69, 9.17) is 0 Å². The van der Waals surface area contributed by atoms with Crippen molar-refractivity contribution in [2.75, 3.05) is 13.1 Å². The Morgan fingerprint density at radius 2 is 1.76 bits per heavy atom. The van der Waals surface area contributed by atoms with Crippen LogP contribution in [0.3, 0.4) is 0 Å². The summed E-state index contributed by atoms with van der Waals surface area (Å²) in [5.74, 6) is 0.831. The largest absolute Gasteiger partial charge is 0.352 e. The summed E-state index contributed by atoms with van der Waals surface area (Å²) < 4.78 is 0. The van der Waals surface area contributed by atoms with Gasteiger partial charge >= 0.3 is 6.03 Å². The molecule has 1 heterocycles. The van der Waals surface area contributed by atoms with Crippen LogP contribution >= 0.6 is 0 Å². The third-order valence-corrected chi connectivity index (χ3v) is 4.87. The summed E-state index contributed by atoms with van der Waals surface area (Å²) in [5.41, 5.74) is 0. The van der Waals surface area contributed by atoms with Gasteiger partial charge in [-0.1, -0.05) is 13.3 Å². The molecule has 0 radical (unpaired) electrons. The summed E-state index contributed by atoms with van der Waals surface area (Å²) in [6, 6.07) is 0.490. The first-order valence-electron chi connectivity index (χ1n) is 8.41. The second kappa shape index (κ2) is 7.66. The molecule has 0 bridgehead atoms. The summed E-state index contributed by atoms with van der Waals surface area (Å²) >= 11 is 0. The summed E-state index contributed by atoms with van der Waals surface area (Å²) in [7, 11) is 0. The number of nitrogens with zero attached hydrogens (tertiary/aromatic N) is 1. The Morgan fingerprint density at radius 1 is 1.05 bits per heavy atom. The third kappa shape index (κ3) is 4.90. The molecule has 2 N–H and O–H groups in total. The molecule has 1 atom stereocenters. The first kappa shape index (κ1) is 16.1. The van der Waals surface area contributed by atoms with Gasteiger partial charge in [-0.25, -0.2) is 4.79 Å². The van der Waals surface area contributed by atoms with Crippen molar-refractivity contribution in [2.45, 2.75) is 70.9 Å². The van der Waals surface area contributed by atoms with Crippen LogP contribution in [0.1, 0.15) is 58.8 Å². The first-order valence-corrected chi connectivity index (χ1v) is 8.41. The van der Waals surface area contributed by atoms with Gasteiger partial charge in [-0.3, -0.25) is 4.79 Å². The second-order valence-corrected chi connectivity index (χ2v) is 6.56. The van der Waals surface area contributed by atoms with Gasteiger partial charge in [0, 0.05) is 32.1 Å². The number of likely N-dealkylation sites (tertiary alicyclic amines) is 1. The number of amides is 3. The maximum absolute atomic E-state index is 12.4. The predicted molar refractivity (Wildman–Crippen MR) is 83.0 cm³/mol. The minimum absolute atomic E-state index is 0.0138. The van der Waals surface area contributed by atoms with Crippen molar-refractivity contribution in [3.63, 3.8) is 0 Å². The first-order chi connectivity index (χ1) is 10.1. The number of carbonyl (C=O) groups excluding carboxylic acids is 2. The van der Waals surface area contributed by atoms with Crippen LogP contribution in [0, 0.1) is 5.92 Å². The highest BCUT2D eigenvalue weighted by molar-refractivity contribution is 5.75. The zero-order valence-electron chi connectivity index (χ0n) is 13.4. The lowest BCUT2D eigenvalue weighted by Gasteiger charge is -2.35. The molecule has 0 aromatic heterocycles. The van der Waals surface area contributed by atoms with E-state index in [9.17, 15) is 9.59 Å². The Bertz CT molecular complexity index is 365. The Kier molecular flexibility index (Phi) is 5.88. The standard InChI is InChI=1S/C16H29N3O2/c1-3-13-6-8-14(9-7-13)18-16(21)19-10-4-5-15(11-19)17-12(2)20/h13-15H,3-11H2,1-2H3,(H,17,20)(H,18,21)/t13?,14?,15-/m1/s1. The number of piperidine rings is 1. The van der Waals surface area contributed by atoms with Gasteiger partial charge in [0.1, 0.15) is 0 Å². The Balaban J connectivity index is 1.76. The van der Waals surface area contributed by atoms with Crippen molar-refractivity contribution in [3.05, 3.63) is 0 Å². The summed E-state index contributed by atoms with van der Waals surface area (Å²) in [6.07, 6.45) is 7.85. The molecule has 5 nitrogen and oxygen atoms in total. The van der Waals surface area contributed by atoms with E-state index in [1.807, 2.05) is 4.90 Å². The van der Waals surface area contributed by atoms with Crippen LogP contribution in [0.25, 0.3) is 0 Å². The van der Waals surface area contributed by atoms with Crippen LogP contribution in [0.4, 0.5) is 4.79 Å². The highest BCUT2D eigenvalue weighted by Crippen LogP contribution is 2.26. The van der Waals surface area contributed by atoms with Crippen LogP contribution in [0.5, 0.6) is 0 Å². The van der Waals surface area contributed by atoms with Gasteiger partial charge in [-0.15, -0.1) is 0 Å². The van der Waals surface area contributed by atoms with Crippen molar-refractivity contribution in [2.24, 2.45) is 5.92 Å². The van der Waals surface area contributed by atoms with E-state index in [-0.39, 0.29) is 18.0 Å². The summed E-state index contributed by atoms with van der Waals surface area (Å²) in [4.78, 5) is 25.3. The van der Waals surface area contributed by atoms with Gasteiger partial charge in [-0.2, -0.15) is 0 Å². The number of hydrogen-bond acceptors (Lipinski definition) is 2. The molecule has 21 heavy (non-hydrogen) atoms. The SMILES string of the molecule is CCC1CCC(NC(=O)N2CCC[C@@H](NC(C)=O)C2)CC1. The average molecular weight is 295 g/mol. The molecule has 2 rings (SSSR count). The lowest BCUT2D eigenvalue weighted by molar-refractivity contribution is -0.119. The van der Waals surface area contributed by atoms with E-state index in [1.54, 1.807) is 0 Å². The Morgan fingerprint density at radius 3 is 2.38 bits per heavy atom. The van der Waals surface area contributed by atoms with Gasteiger partial charge in [0.15, 0.2) is 0 Å². The fourth-order valence-electron chi connectivity index (χ4n) is 3.55. The van der Waals surface area contributed by atoms with Crippen molar-refractivity contribution >= 4 is 11.9 Å². The molecule has 0 spiro atoms. The van der Waals surface area contributed by atoms with Crippen LogP contribution in [0.2, 0.25) is 0 Å². The molecule has 2 aliphatic rings. The number of rotatable bonds is 3. The lowest BCUT2D eigenvalue weighted by Crippen LogP contribution is -2.53. The molecular weight excluding hydrogens is 266 g/mol. The van der Waals surface area contributed by atoms with Crippen LogP contribution in [-0.2, 0) is 4.79 Å². The number of carbonyl (C=O) groups is 2. The molecule has 5 heteroatoms. The Labute approximate surface area is 127 Å². The van der Waals surface area contributed by atoms with Crippen molar-refractivity contribution in [1.82, 2.24) is 15.5 Å². The lowest BCUT2D eigenvalue weighted by atomic mass is 9.84. The average Bonchev–Trinajstić information content (AvgIpc) is 2.47. The fourth-order valence-corrected chi connectivity index (χ4v) is 3.55. The molecule has 120 valence electrons. The maximum atomic E-state index is 12.4.